The summed E-state index contributed by atoms with van der Waals surface area (Å²) in [5, 5.41) is 0.182. The van der Waals surface area contributed by atoms with E-state index in [1.54, 1.807) is 6.07 Å². The molecule has 240 valence electrons. The zero-order chi connectivity index (χ0) is 33.7. The number of hydrogen-bond acceptors (Lipinski definition) is 4. The number of hydrogen-bond donors (Lipinski definition) is 0. The summed E-state index contributed by atoms with van der Waals surface area (Å²) in [4.78, 5) is 4.39. The topological polar surface area (TPSA) is 31.4 Å². The SMILES string of the molecule is Cc1ccc(-c2ccc3nc(-c4cc(F)c(C(F)(F)Oc5ccc(-c6ccc(OC(F)(F)F)c(F)c6)c(F)c5)c(F)c4)sc3c2)cc1. The molecule has 0 atom stereocenters. The first-order chi connectivity index (χ1) is 22.2. The molecule has 13 heteroatoms. The maximum Gasteiger partial charge on any atom is 0.573 e. The van der Waals surface area contributed by atoms with E-state index >= 15 is 17.6 Å². The second kappa shape index (κ2) is 12.0. The number of rotatable bonds is 7. The molecule has 3 nitrogen and oxygen atoms in total. The molecule has 1 heterocycles. The average molecular weight is 676 g/mol. The fourth-order valence-electron chi connectivity index (χ4n) is 4.82. The van der Waals surface area contributed by atoms with Crippen LogP contribution in [0.4, 0.5) is 39.5 Å². The highest BCUT2D eigenvalue weighted by Crippen LogP contribution is 2.40. The van der Waals surface area contributed by atoms with Crippen LogP contribution in [0, 0.1) is 30.2 Å². The van der Waals surface area contributed by atoms with Crippen LogP contribution in [-0.4, -0.2) is 11.3 Å². The number of nitrogens with zero attached hydrogens (tertiary/aromatic N) is 1. The van der Waals surface area contributed by atoms with Crippen molar-refractivity contribution in [1.82, 2.24) is 4.98 Å². The van der Waals surface area contributed by atoms with Crippen molar-refractivity contribution in [3.05, 3.63) is 125 Å². The monoisotopic (exact) mass is 675 g/mol. The molecule has 0 saturated carbocycles. The molecular formula is C34H18F9NO2S. The third-order valence-electron chi connectivity index (χ3n) is 7.01. The molecule has 6 rings (SSSR count). The molecule has 0 aliphatic carbocycles. The molecule has 0 bridgehead atoms. The quantitative estimate of drug-likeness (QED) is 0.158. The lowest BCUT2D eigenvalue weighted by Gasteiger charge is -2.20. The third kappa shape index (κ3) is 6.75. The minimum atomic E-state index is -5.17. The Labute approximate surface area is 264 Å². The first-order valence-electron chi connectivity index (χ1n) is 13.6. The fraction of sp³-hybridized carbons (Fsp3) is 0.0882. The molecule has 5 aromatic carbocycles. The first-order valence-corrected chi connectivity index (χ1v) is 14.4. The number of aromatic nitrogens is 1. The zero-order valence-corrected chi connectivity index (χ0v) is 24.6. The highest BCUT2D eigenvalue weighted by molar-refractivity contribution is 7.21. The first kappa shape index (κ1) is 31.9. The molecule has 0 fully saturated rings. The molecule has 0 unspecified atom stereocenters. The van der Waals surface area contributed by atoms with E-state index in [0.717, 1.165) is 46.2 Å². The maximum atomic E-state index is 15.1. The molecule has 0 saturated heterocycles. The van der Waals surface area contributed by atoms with Gasteiger partial charge in [-0.3, -0.25) is 0 Å². The van der Waals surface area contributed by atoms with Crippen molar-refractivity contribution >= 4 is 21.6 Å². The van der Waals surface area contributed by atoms with E-state index in [2.05, 4.69) is 14.5 Å². The highest BCUT2D eigenvalue weighted by Gasteiger charge is 2.41. The average Bonchev–Trinajstić information content (AvgIpc) is 3.41. The summed E-state index contributed by atoms with van der Waals surface area (Å²) in [6.45, 7) is 1.96. The molecule has 1 aromatic heterocycles. The van der Waals surface area contributed by atoms with Gasteiger partial charge in [0, 0.05) is 17.2 Å². The maximum absolute atomic E-state index is 15.1. The summed E-state index contributed by atoms with van der Waals surface area (Å²) in [5.41, 5.74) is 1.02. The molecule has 0 radical (unpaired) electrons. The van der Waals surface area contributed by atoms with Gasteiger partial charge in [0.1, 0.15) is 33.8 Å². The van der Waals surface area contributed by atoms with Crippen LogP contribution in [0.5, 0.6) is 11.5 Å². The minimum absolute atomic E-state index is 0.0908. The van der Waals surface area contributed by atoms with Crippen molar-refractivity contribution in [2.45, 2.75) is 19.4 Å². The standard InChI is InChI=1S/C34H18F9NO2S/c1-17-2-4-18(5-3-17)19-6-10-28-30(15-19)47-32(44-28)21-13-26(37)31(27(38)14-21)33(39,40)45-22-8-9-23(24(35)16-22)20-7-11-29(25(36)12-20)46-34(41,42)43/h2-16H,1H3. The van der Waals surface area contributed by atoms with E-state index in [1.165, 1.54) is 0 Å². The van der Waals surface area contributed by atoms with Gasteiger partial charge in [-0.2, -0.15) is 8.78 Å². The Bertz CT molecular complexity index is 2100. The number of ether oxygens (including phenoxy) is 2. The van der Waals surface area contributed by atoms with Gasteiger partial charge in [-0.1, -0.05) is 42.0 Å². The van der Waals surface area contributed by atoms with Gasteiger partial charge in [0.05, 0.1) is 10.2 Å². The van der Waals surface area contributed by atoms with Crippen molar-refractivity contribution in [3.63, 3.8) is 0 Å². The predicted molar refractivity (Wildman–Crippen MR) is 158 cm³/mol. The number of benzene rings is 5. The van der Waals surface area contributed by atoms with Gasteiger partial charge < -0.3 is 9.47 Å². The molecule has 0 aliphatic heterocycles. The zero-order valence-electron chi connectivity index (χ0n) is 23.7. The number of aryl methyl sites for hydroxylation is 1. The van der Waals surface area contributed by atoms with Gasteiger partial charge in [0.15, 0.2) is 11.6 Å². The van der Waals surface area contributed by atoms with Gasteiger partial charge in [-0.15, -0.1) is 24.5 Å². The van der Waals surface area contributed by atoms with Crippen molar-refractivity contribution in [1.29, 1.82) is 0 Å². The molecule has 0 spiro atoms. The molecule has 0 aliphatic rings. The molecular weight excluding hydrogens is 657 g/mol. The molecule has 0 amide bonds. The van der Waals surface area contributed by atoms with Gasteiger partial charge in [0.2, 0.25) is 0 Å². The summed E-state index contributed by atoms with van der Waals surface area (Å²) < 4.78 is 135. The molecule has 6 aromatic rings. The van der Waals surface area contributed by atoms with Gasteiger partial charge in [-0.05, 0) is 72.1 Å². The van der Waals surface area contributed by atoms with E-state index in [0.29, 0.717) is 40.5 Å². The summed E-state index contributed by atoms with van der Waals surface area (Å²) in [6, 6.07) is 18.9. The third-order valence-corrected chi connectivity index (χ3v) is 8.08. The Morgan fingerprint density at radius 1 is 0.596 bits per heavy atom. The number of alkyl halides is 5. The minimum Gasteiger partial charge on any atom is -0.429 e. The summed E-state index contributed by atoms with van der Waals surface area (Å²) in [7, 11) is 0. The number of thiazole rings is 1. The second-order valence-corrected chi connectivity index (χ2v) is 11.4. The lowest BCUT2D eigenvalue weighted by molar-refractivity contribution is -0.275. The van der Waals surface area contributed by atoms with Crippen LogP contribution in [0.2, 0.25) is 0 Å². The Morgan fingerprint density at radius 2 is 1.23 bits per heavy atom. The normalized spacial score (nSPS) is 12.0. The predicted octanol–water partition coefficient (Wildman–Crippen LogP) is 11.2. The van der Waals surface area contributed by atoms with Crippen molar-refractivity contribution in [2.24, 2.45) is 0 Å². The Kier molecular flexibility index (Phi) is 8.12. The van der Waals surface area contributed by atoms with Crippen molar-refractivity contribution < 1.29 is 49.0 Å². The summed E-state index contributed by atoms with van der Waals surface area (Å²) >= 11 is 1.12. The van der Waals surface area contributed by atoms with Crippen LogP contribution in [0.1, 0.15) is 11.1 Å². The van der Waals surface area contributed by atoms with Crippen LogP contribution >= 0.6 is 11.3 Å². The van der Waals surface area contributed by atoms with Gasteiger partial charge in [-0.25, -0.2) is 22.5 Å². The number of fused-ring (bicyclic) bond motifs is 1. The Hall–Kier alpha value is -5.04. The van der Waals surface area contributed by atoms with E-state index in [4.69, 9.17) is 0 Å². The largest absolute Gasteiger partial charge is 0.573 e. The molecule has 47 heavy (non-hydrogen) atoms. The lowest BCUT2D eigenvalue weighted by atomic mass is 10.0. The van der Waals surface area contributed by atoms with Crippen LogP contribution in [0.25, 0.3) is 43.0 Å². The summed E-state index contributed by atoms with van der Waals surface area (Å²) in [6.07, 6.45) is -9.78. The van der Waals surface area contributed by atoms with Crippen LogP contribution in [0.15, 0.2) is 91.0 Å². The van der Waals surface area contributed by atoms with Gasteiger partial charge >= 0.3 is 12.5 Å². The Morgan fingerprint density at radius 3 is 1.87 bits per heavy atom. The van der Waals surface area contributed by atoms with E-state index in [1.807, 2.05) is 43.3 Å². The van der Waals surface area contributed by atoms with Crippen LogP contribution in [0.3, 0.4) is 0 Å². The van der Waals surface area contributed by atoms with Gasteiger partial charge in [0.25, 0.3) is 0 Å². The fourth-order valence-corrected chi connectivity index (χ4v) is 5.81. The smallest absolute Gasteiger partial charge is 0.429 e. The van der Waals surface area contributed by atoms with Crippen LogP contribution in [-0.2, 0) is 6.11 Å². The number of halogens is 9. The van der Waals surface area contributed by atoms with Crippen LogP contribution < -0.4 is 9.47 Å². The second-order valence-electron chi connectivity index (χ2n) is 10.3. The highest BCUT2D eigenvalue weighted by atomic mass is 32.1. The summed E-state index contributed by atoms with van der Waals surface area (Å²) in [5.74, 6) is -7.98. The van der Waals surface area contributed by atoms with E-state index in [-0.39, 0.29) is 21.7 Å². The van der Waals surface area contributed by atoms with E-state index < -0.39 is 52.8 Å². The van der Waals surface area contributed by atoms with Crippen molar-refractivity contribution in [2.75, 3.05) is 0 Å². The van der Waals surface area contributed by atoms with Crippen molar-refractivity contribution in [3.8, 4) is 44.3 Å². The molecule has 0 N–H and O–H groups in total. The van der Waals surface area contributed by atoms with E-state index in [9.17, 15) is 22.0 Å². The lowest BCUT2D eigenvalue weighted by Crippen LogP contribution is -2.25. The Balaban J connectivity index is 1.23.